The van der Waals surface area contributed by atoms with Crippen LogP contribution in [0.2, 0.25) is 0 Å². The largest absolute Gasteiger partial charge is 0.346 e. The summed E-state index contributed by atoms with van der Waals surface area (Å²) in [5.74, 6) is 1.74. The second-order valence-corrected chi connectivity index (χ2v) is 5.98. The Morgan fingerprint density at radius 1 is 1.60 bits per heavy atom. The molecule has 5 heteroatoms. The Morgan fingerprint density at radius 2 is 2.40 bits per heavy atom. The second kappa shape index (κ2) is 4.78. The molecule has 0 saturated carbocycles. The Morgan fingerprint density at radius 3 is 3.00 bits per heavy atom. The minimum absolute atomic E-state index is 0.584. The molecule has 1 aromatic heterocycles. The first-order chi connectivity index (χ1) is 7.20. The molecule has 84 valence electrons. The van der Waals surface area contributed by atoms with Gasteiger partial charge in [-0.1, -0.05) is 29.8 Å². The number of aryl methyl sites for hydroxylation is 1. The van der Waals surface area contributed by atoms with Crippen LogP contribution in [0.3, 0.4) is 0 Å². The van der Waals surface area contributed by atoms with Crippen LogP contribution in [0.15, 0.2) is 0 Å². The Labute approximate surface area is 103 Å². The summed E-state index contributed by atoms with van der Waals surface area (Å²) in [5, 5.41) is 1.09. The first-order valence-corrected chi connectivity index (χ1v) is 7.11. The highest BCUT2D eigenvalue weighted by molar-refractivity contribution is 9.09. The van der Waals surface area contributed by atoms with Crippen molar-refractivity contribution in [2.24, 2.45) is 5.92 Å². The number of nitrogens with zero attached hydrogens (tertiary/aromatic N) is 3. The second-order valence-electron chi connectivity index (χ2n) is 4.07. The number of alkyl halides is 1. The van der Waals surface area contributed by atoms with E-state index in [9.17, 15) is 0 Å². The number of piperidine rings is 1. The fourth-order valence-corrected chi connectivity index (χ4v) is 3.11. The molecule has 0 aromatic carbocycles. The summed E-state index contributed by atoms with van der Waals surface area (Å²) in [6.07, 6.45) is 2.16. The van der Waals surface area contributed by atoms with Gasteiger partial charge in [-0.05, 0) is 12.3 Å². The number of hydrogen-bond acceptors (Lipinski definition) is 4. The molecule has 0 radical (unpaired) electrons. The molecule has 0 spiro atoms. The number of anilines is 1. The molecule has 0 aliphatic carbocycles. The fourth-order valence-electron chi connectivity index (χ4n) is 1.71. The highest BCUT2D eigenvalue weighted by atomic mass is 79.9. The SMILES string of the molecule is CCc1nsc(N2CCC(C)C(Br)C2)n1. The highest BCUT2D eigenvalue weighted by Crippen LogP contribution is 2.28. The van der Waals surface area contributed by atoms with Gasteiger partial charge in [0.25, 0.3) is 0 Å². The van der Waals surface area contributed by atoms with Gasteiger partial charge in [-0.2, -0.15) is 4.37 Å². The lowest BCUT2D eigenvalue weighted by atomic mass is 10.00. The summed E-state index contributed by atoms with van der Waals surface area (Å²) in [7, 11) is 0. The first-order valence-electron chi connectivity index (χ1n) is 5.42. The van der Waals surface area contributed by atoms with Crippen molar-refractivity contribution in [2.45, 2.75) is 31.5 Å². The van der Waals surface area contributed by atoms with E-state index in [0.717, 1.165) is 36.4 Å². The summed E-state index contributed by atoms with van der Waals surface area (Å²) >= 11 is 5.26. The van der Waals surface area contributed by atoms with Crippen LogP contribution >= 0.6 is 27.5 Å². The summed E-state index contributed by atoms with van der Waals surface area (Å²) in [5.41, 5.74) is 0. The minimum Gasteiger partial charge on any atom is -0.346 e. The monoisotopic (exact) mass is 289 g/mol. The van der Waals surface area contributed by atoms with Crippen molar-refractivity contribution in [1.29, 1.82) is 0 Å². The molecule has 2 atom stereocenters. The lowest BCUT2D eigenvalue weighted by Gasteiger charge is -2.33. The van der Waals surface area contributed by atoms with E-state index in [1.807, 2.05) is 0 Å². The van der Waals surface area contributed by atoms with Crippen molar-refractivity contribution in [3.8, 4) is 0 Å². The van der Waals surface area contributed by atoms with Gasteiger partial charge in [0.2, 0.25) is 5.13 Å². The number of aromatic nitrogens is 2. The fraction of sp³-hybridized carbons (Fsp3) is 0.800. The molecule has 1 saturated heterocycles. The molecule has 1 aliphatic rings. The van der Waals surface area contributed by atoms with Crippen molar-refractivity contribution in [2.75, 3.05) is 18.0 Å². The zero-order chi connectivity index (χ0) is 10.8. The Bertz CT molecular complexity index is 328. The van der Waals surface area contributed by atoms with E-state index in [-0.39, 0.29) is 0 Å². The van der Waals surface area contributed by atoms with Crippen LogP contribution in [0.5, 0.6) is 0 Å². The Hall–Kier alpha value is -0.160. The van der Waals surface area contributed by atoms with Gasteiger partial charge in [0.1, 0.15) is 5.82 Å². The van der Waals surface area contributed by atoms with Crippen molar-refractivity contribution in [3.63, 3.8) is 0 Å². The Balaban J connectivity index is 2.05. The highest BCUT2D eigenvalue weighted by Gasteiger charge is 2.25. The molecule has 2 heterocycles. The van der Waals surface area contributed by atoms with Crippen LogP contribution in [0, 0.1) is 5.92 Å². The molecular formula is C10H16BrN3S. The maximum Gasteiger partial charge on any atom is 0.205 e. The van der Waals surface area contributed by atoms with Crippen LogP contribution in [0.4, 0.5) is 5.13 Å². The van der Waals surface area contributed by atoms with Crippen molar-refractivity contribution in [1.82, 2.24) is 9.36 Å². The molecule has 0 bridgehead atoms. The van der Waals surface area contributed by atoms with E-state index in [4.69, 9.17) is 0 Å². The molecular weight excluding hydrogens is 274 g/mol. The van der Waals surface area contributed by atoms with Gasteiger partial charge in [0, 0.05) is 35.9 Å². The smallest absolute Gasteiger partial charge is 0.205 e. The van der Waals surface area contributed by atoms with Crippen LogP contribution in [-0.2, 0) is 6.42 Å². The van der Waals surface area contributed by atoms with Crippen LogP contribution in [0.25, 0.3) is 0 Å². The molecule has 0 amide bonds. The molecule has 0 N–H and O–H groups in total. The van der Waals surface area contributed by atoms with E-state index < -0.39 is 0 Å². The average molecular weight is 290 g/mol. The standard InChI is InChI=1S/C10H16BrN3S/c1-3-9-12-10(15-13-9)14-5-4-7(2)8(11)6-14/h7-8H,3-6H2,1-2H3. The third-order valence-electron chi connectivity index (χ3n) is 2.91. The molecule has 2 rings (SSSR count). The molecule has 1 aromatic rings. The maximum atomic E-state index is 4.52. The molecule has 2 unspecified atom stereocenters. The van der Waals surface area contributed by atoms with Gasteiger partial charge in [-0.15, -0.1) is 0 Å². The number of rotatable bonds is 2. The van der Waals surface area contributed by atoms with Gasteiger partial charge in [0.15, 0.2) is 0 Å². The Kier molecular flexibility index (Phi) is 3.61. The van der Waals surface area contributed by atoms with Crippen molar-refractivity contribution in [3.05, 3.63) is 5.82 Å². The topological polar surface area (TPSA) is 29.0 Å². The average Bonchev–Trinajstić information content (AvgIpc) is 2.70. The van der Waals surface area contributed by atoms with Crippen LogP contribution < -0.4 is 4.90 Å². The minimum atomic E-state index is 0.584. The zero-order valence-electron chi connectivity index (χ0n) is 9.11. The number of hydrogen-bond donors (Lipinski definition) is 0. The van der Waals surface area contributed by atoms with Crippen LogP contribution in [-0.4, -0.2) is 27.3 Å². The van der Waals surface area contributed by atoms with Gasteiger partial charge >= 0.3 is 0 Å². The van der Waals surface area contributed by atoms with Gasteiger partial charge < -0.3 is 4.90 Å². The molecule has 15 heavy (non-hydrogen) atoms. The maximum absolute atomic E-state index is 4.52. The van der Waals surface area contributed by atoms with E-state index >= 15 is 0 Å². The normalized spacial score (nSPS) is 27.0. The number of halogens is 1. The summed E-state index contributed by atoms with van der Waals surface area (Å²) in [6, 6.07) is 0. The van der Waals surface area contributed by atoms with Gasteiger partial charge in [0.05, 0.1) is 0 Å². The van der Waals surface area contributed by atoms with E-state index in [1.165, 1.54) is 18.0 Å². The predicted octanol–water partition coefficient (Wildman–Crippen LogP) is 2.71. The molecule has 1 fully saturated rings. The summed E-state index contributed by atoms with van der Waals surface area (Å²) in [4.78, 5) is 7.45. The van der Waals surface area contributed by atoms with Gasteiger partial charge in [-0.3, -0.25) is 0 Å². The van der Waals surface area contributed by atoms with E-state index in [0.29, 0.717) is 4.83 Å². The van der Waals surface area contributed by atoms with Crippen molar-refractivity contribution >= 4 is 32.6 Å². The third-order valence-corrected chi connectivity index (χ3v) is 4.92. The first kappa shape index (κ1) is 11.3. The van der Waals surface area contributed by atoms with E-state index in [1.54, 1.807) is 0 Å². The van der Waals surface area contributed by atoms with Gasteiger partial charge in [-0.25, -0.2) is 4.98 Å². The lowest BCUT2D eigenvalue weighted by Crippen LogP contribution is -2.40. The van der Waals surface area contributed by atoms with E-state index in [2.05, 4.69) is 44.0 Å². The molecule has 3 nitrogen and oxygen atoms in total. The predicted molar refractivity (Wildman–Crippen MR) is 68.0 cm³/mol. The van der Waals surface area contributed by atoms with Crippen LogP contribution in [0.1, 0.15) is 26.1 Å². The summed E-state index contributed by atoms with van der Waals surface area (Å²) in [6.45, 7) is 6.56. The van der Waals surface area contributed by atoms with Crippen molar-refractivity contribution < 1.29 is 0 Å². The zero-order valence-corrected chi connectivity index (χ0v) is 11.5. The molecule has 1 aliphatic heterocycles. The lowest BCUT2D eigenvalue weighted by molar-refractivity contribution is 0.456. The third kappa shape index (κ3) is 2.50. The quantitative estimate of drug-likeness (QED) is 0.784. The summed E-state index contributed by atoms with van der Waals surface area (Å²) < 4.78 is 4.33.